The summed E-state index contributed by atoms with van der Waals surface area (Å²) in [6.45, 7) is 2.23. The molecule has 1 aliphatic heterocycles. The third-order valence-corrected chi connectivity index (χ3v) is 3.52. The summed E-state index contributed by atoms with van der Waals surface area (Å²) in [6.07, 6.45) is 0. The number of hydrogen-bond donors (Lipinski definition) is 0. The maximum atomic E-state index is 12.3. The van der Waals surface area contributed by atoms with Crippen molar-refractivity contribution in [3.8, 4) is 23.0 Å². The number of hydrogen-bond acceptors (Lipinski definition) is 9. The molecule has 1 saturated heterocycles. The van der Waals surface area contributed by atoms with Gasteiger partial charge in [-0.2, -0.15) is 0 Å². The van der Waals surface area contributed by atoms with E-state index in [-0.39, 0.29) is 17.2 Å². The molecule has 1 fully saturated rings. The van der Waals surface area contributed by atoms with Gasteiger partial charge in [0.1, 0.15) is 6.61 Å². The van der Waals surface area contributed by atoms with Gasteiger partial charge in [-0.3, -0.25) is 14.4 Å². The molecule has 1 aliphatic rings. The molecule has 0 bridgehead atoms. The van der Waals surface area contributed by atoms with Gasteiger partial charge in [-0.15, -0.1) is 0 Å². The average molecular weight is 368 g/mol. The van der Waals surface area contributed by atoms with Gasteiger partial charge in [0.2, 0.25) is 17.4 Å². The molecule has 0 unspecified atom stereocenters. The van der Waals surface area contributed by atoms with Crippen molar-refractivity contribution in [3.63, 3.8) is 0 Å². The topological polar surface area (TPSA) is 107 Å². The minimum Gasteiger partial charge on any atom is -0.493 e. The normalized spacial score (nSPS) is 16.3. The Bertz CT molecular complexity index is 703. The predicted molar refractivity (Wildman–Crippen MR) is 86.4 cm³/mol. The average Bonchev–Trinajstić information content (AvgIpc) is 2.56. The summed E-state index contributed by atoms with van der Waals surface area (Å²) in [7, 11) is 4.28. The molecule has 2 rings (SSSR count). The van der Waals surface area contributed by atoms with Crippen molar-refractivity contribution >= 4 is 17.7 Å². The molecular formula is C17H20O9. The highest BCUT2D eigenvalue weighted by Gasteiger charge is 2.47. The molecule has 1 aromatic carbocycles. The number of ketones is 1. The van der Waals surface area contributed by atoms with Crippen molar-refractivity contribution in [2.75, 3.05) is 27.9 Å². The van der Waals surface area contributed by atoms with E-state index in [1.54, 1.807) is 6.07 Å². The summed E-state index contributed by atoms with van der Waals surface area (Å²) in [5.74, 6) is -4.77. The highest BCUT2D eigenvalue weighted by Crippen LogP contribution is 2.43. The zero-order valence-corrected chi connectivity index (χ0v) is 15.1. The first kappa shape index (κ1) is 19.4. The Hall–Kier alpha value is -2.97. The fourth-order valence-electron chi connectivity index (χ4n) is 2.40. The van der Waals surface area contributed by atoms with E-state index in [4.69, 9.17) is 28.4 Å². The maximum absolute atomic E-state index is 12.3. The second-order valence-electron chi connectivity index (χ2n) is 5.76. The van der Waals surface area contributed by atoms with Crippen LogP contribution < -0.4 is 18.9 Å². The first-order chi connectivity index (χ1) is 12.2. The van der Waals surface area contributed by atoms with Crippen molar-refractivity contribution in [2.24, 2.45) is 5.92 Å². The molecule has 1 heterocycles. The lowest BCUT2D eigenvalue weighted by atomic mass is 10.0. The summed E-state index contributed by atoms with van der Waals surface area (Å²) >= 11 is 0. The summed E-state index contributed by atoms with van der Waals surface area (Å²) < 4.78 is 30.9. The van der Waals surface area contributed by atoms with Gasteiger partial charge in [0.15, 0.2) is 17.3 Å². The molecule has 1 aromatic rings. The molecule has 142 valence electrons. The Morgan fingerprint density at radius 3 is 1.96 bits per heavy atom. The lowest BCUT2D eigenvalue weighted by Crippen LogP contribution is -2.50. The van der Waals surface area contributed by atoms with Crippen LogP contribution in [0.25, 0.3) is 0 Å². The third kappa shape index (κ3) is 3.81. The third-order valence-electron chi connectivity index (χ3n) is 3.52. The van der Waals surface area contributed by atoms with E-state index in [1.165, 1.54) is 41.2 Å². The molecule has 0 aliphatic carbocycles. The SMILES string of the molecule is COc1ccc(OCC(=O)C2C(=O)OC(C)(C)OC2=O)c(OC)c1OC. The Labute approximate surface area is 150 Å². The molecule has 9 heteroatoms. The molecular weight excluding hydrogens is 348 g/mol. The highest BCUT2D eigenvalue weighted by molar-refractivity contribution is 6.16. The first-order valence-electron chi connectivity index (χ1n) is 7.64. The van der Waals surface area contributed by atoms with E-state index < -0.39 is 36.0 Å². The molecule has 0 amide bonds. The van der Waals surface area contributed by atoms with Crippen LogP contribution in [0.4, 0.5) is 0 Å². The number of esters is 2. The second-order valence-corrected chi connectivity index (χ2v) is 5.76. The van der Waals surface area contributed by atoms with Crippen LogP contribution in [0.1, 0.15) is 13.8 Å². The van der Waals surface area contributed by atoms with E-state index in [0.717, 1.165) is 0 Å². The molecule has 0 saturated carbocycles. The van der Waals surface area contributed by atoms with Crippen LogP contribution in [-0.4, -0.2) is 51.4 Å². The van der Waals surface area contributed by atoms with Crippen LogP contribution in [0.3, 0.4) is 0 Å². The molecule has 26 heavy (non-hydrogen) atoms. The van der Waals surface area contributed by atoms with Gasteiger partial charge in [0, 0.05) is 13.8 Å². The lowest BCUT2D eigenvalue weighted by Gasteiger charge is -2.32. The molecule has 0 N–H and O–H groups in total. The summed E-state index contributed by atoms with van der Waals surface area (Å²) in [6, 6.07) is 3.07. The van der Waals surface area contributed by atoms with Gasteiger partial charge in [-0.25, -0.2) is 0 Å². The number of Topliss-reactive ketones (excluding diaryl/α,β-unsaturated/α-hetero) is 1. The van der Waals surface area contributed by atoms with Gasteiger partial charge < -0.3 is 28.4 Å². The Kier molecular flexibility index (Phi) is 5.59. The van der Waals surface area contributed by atoms with Gasteiger partial charge >= 0.3 is 11.9 Å². The van der Waals surface area contributed by atoms with Crippen LogP contribution >= 0.6 is 0 Å². The zero-order valence-electron chi connectivity index (χ0n) is 15.1. The fourth-order valence-corrected chi connectivity index (χ4v) is 2.40. The second kappa shape index (κ2) is 7.51. The van der Waals surface area contributed by atoms with E-state index in [1.807, 2.05) is 0 Å². The van der Waals surface area contributed by atoms with Crippen LogP contribution in [0, 0.1) is 5.92 Å². The number of methoxy groups -OCH3 is 3. The number of benzene rings is 1. The molecule has 0 spiro atoms. The molecule has 0 aromatic heterocycles. The summed E-state index contributed by atoms with van der Waals surface area (Å²) in [5.41, 5.74) is 0. The van der Waals surface area contributed by atoms with Crippen molar-refractivity contribution in [3.05, 3.63) is 12.1 Å². The quantitative estimate of drug-likeness (QED) is 0.517. The Morgan fingerprint density at radius 1 is 0.962 bits per heavy atom. The largest absolute Gasteiger partial charge is 0.493 e. The number of cyclic esters (lactones) is 2. The van der Waals surface area contributed by atoms with Crippen LogP contribution in [0.2, 0.25) is 0 Å². The van der Waals surface area contributed by atoms with E-state index in [9.17, 15) is 14.4 Å². The van der Waals surface area contributed by atoms with E-state index in [2.05, 4.69) is 0 Å². The van der Waals surface area contributed by atoms with Gasteiger partial charge in [0.25, 0.3) is 5.79 Å². The van der Waals surface area contributed by atoms with Crippen molar-refractivity contribution in [1.29, 1.82) is 0 Å². The number of carbonyl (C=O) groups is 3. The molecule has 0 atom stereocenters. The number of rotatable bonds is 7. The molecule has 9 nitrogen and oxygen atoms in total. The Morgan fingerprint density at radius 2 is 1.46 bits per heavy atom. The standard InChI is InChI=1S/C17H20O9/c1-17(2)25-15(19)12(16(20)26-17)9(18)8-24-11-7-6-10(21-3)13(22-4)14(11)23-5/h6-7,12H,8H2,1-5H3. The maximum Gasteiger partial charge on any atom is 0.331 e. The summed E-state index contributed by atoms with van der Waals surface area (Å²) in [4.78, 5) is 36.1. The van der Waals surface area contributed by atoms with Crippen LogP contribution in [0.15, 0.2) is 12.1 Å². The molecule has 0 radical (unpaired) electrons. The minimum atomic E-state index is -1.69. The highest BCUT2D eigenvalue weighted by atomic mass is 16.7. The van der Waals surface area contributed by atoms with Crippen LogP contribution in [-0.2, 0) is 23.9 Å². The van der Waals surface area contributed by atoms with Gasteiger partial charge in [-0.05, 0) is 12.1 Å². The fraction of sp³-hybridized carbons (Fsp3) is 0.471. The minimum absolute atomic E-state index is 0.177. The van der Waals surface area contributed by atoms with Crippen molar-refractivity contribution < 1.29 is 42.8 Å². The number of carbonyl (C=O) groups excluding carboxylic acids is 3. The first-order valence-corrected chi connectivity index (χ1v) is 7.64. The Balaban J connectivity index is 2.15. The van der Waals surface area contributed by atoms with Crippen LogP contribution in [0.5, 0.6) is 23.0 Å². The lowest BCUT2D eigenvalue weighted by molar-refractivity contribution is -0.238. The van der Waals surface area contributed by atoms with Crippen molar-refractivity contribution in [1.82, 2.24) is 0 Å². The van der Waals surface area contributed by atoms with E-state index in [0.29, 0.717) is 5.75 Å². The monoisotopic (exact) mass is 368 g/mol. The smallest absolute Gasteiger partial charge is 0.331 e. The predicted octanol–water partition coefficient (Wildman–Crippen LogP) is 1.11. The van der Waals surface area contributed by atoms with E-state index >= 15 is 0 Å². The summed E-state index contributed by atoms with van der Waals surface area (Å²) in [5, 5.41) is 0. The van der Waals surface area contributed by atoms with Crippen molar-refractivity contribution in [2.45, 2.75) is 19.6 Å². The number of ether oxygens (including phenoxy) is 6. The van der Waals surface area contributed by atoms with Gasteiger partial charge in [0.05, 0.1) is 21.3 Å². The zero-order chi connectivity index (χ0) is 19.5. The van der Waals surface area contributed by atoms with Gasteiger partial charge in [-0.1, -0.05) is 0 Å².